The molecular weight excluding hydrogens is 237 g/mol. The summed E-state index contributed by atoms with van der Waals surface area (Å²) in [4.78, 5) is 23.2. The number of hydrogen-bond acceptors (Lipinski definition) is 2. The molecule has 1 saturated heterocycles. The zero-order valence-corrected chi connectivity index (χ0v) is 9.78. The Hall–Kier alpha value is -1.95. The van der Waals surface area contributed by atoms with E-state index in [2.05, 4.69) is 10.6 Å². The largest absolute Gasteiger partial charge is 0.345 e. The summed E-state index contributed by atoms with van der Waals surface area (Å²) in [6.45, 7) is 1.41. The average molecular weight is 252 g/mol. The highest BCUT2D eigenvalue weighted by Gasteiger charge is 2.27. The van der Waals surface area contributed by atoms with E-state index in [1.165, 1.54) is 24.3 Å². The van der Waals surface area contributed by atoms with Gasteiger partial charge < -0.3 is 16.0 Å². The Kier molecular flexibility index (Phi) is 3.88. The molecule has 4 N–H and O–H groups in total. The Morgan fingerprint density at radius 3 is 2.83 bits per heavy atom. The highest BCUT2D eigenvalue weighted by Crippen LogP contribution is 2.08. The lowest BCUT2D eigenvalue weighted by molar-refractivity contribution is -0.678. The number of nitrogens with one attached hydrogen (secondary N) is 2. The van der Waals surface area contributed by atoms with E-state index < -0.39 is 0 Å². The summed E-state index contributed by atoms with van der Waals surface area (Å²) >= 11 is 0. The van der Waals surface area contributed by atoms with Gasteiger partial charge in [0.05, 0.1) is 19.5 Å². The monoisotopic (exact) mass is 252 g/mol. The standard InChI is InChI=1S/C12H14FN3O2/c13-8-1-3-9(4-2-8)16-11(17)7-10-12(18)15-6-5-14-10/h1-4,10,14H,5-7H2,(H,15,18)(H,16,17)/p+1/t10-/m0/s1. The summed E-state index contributed by atoms with van der Waals surface area (Å²) in [7, 11) is 0. The average Bonchev–Trinajstić information content (AvgIpc) is 2.35. The molecule has 0 aromatic heterocycles. The number of carbonyl (C=O) groups is 2. The molecule has 96 valence electrons. The number of carbonyl (C=O) groups excluding carboxylic acids is 2. The molecule has 0 aliphatic carbocycles. The van der Waals surface area contributed by atoms with Crippen LogP contribution in [0.3, 0.4) is 0 Å². The third-order valence-corrected chi connectivity index (χ3v) is 2.76. The molecule has 1 fully saturated rings. The van der Waals surface area contributed by atoms with Crippen molar-refractivity contribution in [3.05, 3.63) is 30.1 Å². The number of quaternary nitrogens is 1. The van der Waals surface area contributed by atoms with Gasteiger partial charge in [-0.15, -0.1) is 0 Å². The van der Waals surface area contributed by atoms with Crippen LogP contribution in [0.5, 0.6) is 0 Å². The van der Waals surface area contributed by atoms with Crippen LogP contribution in [0.15, 0.2) is 24.3 Å². The minimum Gasteiger partial charge on any atom is -0.345 e. The number of rotatable bonds is 3. The van der Waals surface area contributed by atoms with E-state index in [1.807, 2.05) is 5.32 Å². The fraction of sp³-hybridized carbons (Fsp3) is 0.333. The third-order valence-electron chi connectivity index (χ3n) is 2.76. The van der Waals surface area contributed by atoms with E-state index in [0.717, 1.165) is 6.54 Å². The summed E-state index contributed by atoms with van der Waals surface area (Å²) in [6, 6.07) is 5.14. The van der Waals surface area contributed by atoms with Crippen molar-refractivity contribution in [2.75, 3.05) is 18.4 Å². The predicted octanol–water partition coefficient (Wildman–Crippen LogP) is -0.784. The lowest BCUT2D eigenvalue weighted by Crippen LogP contribution is -2.96. The summed E-state index contributed by atoms with van der Waals surface area (Å²) < 4.78 is 12.7. The number of benzene rings is 1. The Morgan fingerprint density at radius 1 is 1.44 bits per heavy atom. The maximum Gasteiger partial charge on any atom is 0.278 e. The van der Waals surface area contributed by atoms with Gasteiger partial charge in [-0.2, -0.15) is 0 Å². The van der Waals surface area contributed by atoms with Crippen LogP contribution in [0.4, 0.5) is 10.1 Å². The fourth-order valence-corrected chi connectivity index (χ4v) is 1.84. The van der Waals surface area contributed by atoms with E-state index in [1.54, 1.807) is 0 Å². The van der Waals surface area contributed by atoms with Gasteiger partial charge in [-0.1, -0.05) is 0 Å². The van der Waals surface area contributed by atoms with E-state index >= 15 is 0 Å². The van der Waals surface area contributed by atoms with Gasteiger partial charge in [0.15, 0.2) is 6.04 Å². The van der Waals surface area contributed by atoms with Gasteiger partial charge >= 0.3 is 0 Å². The lowest BCUT2D eigenvalue weighted by atomic mass is 10.1. The molecule has 5 nitrogen and oxygen atoms in total. The van der Waals surface area contributed by atoms with Crippen LogP contribution in [-0.2, 0) is 9.59 Å². The van der Waals surface area contributed by atoms with Crippen LogP contribution >= 0.6 is 0 Å². The molecule has 1 aromatic carbocycles. The molecule has 2 amide bonds. The van der Waals surface area contributed by atoms with Gasteiger partial charge in [-0.25, -0.2) is 4.39 Å². The van der Waals surface area contributed by atoms with Crippen LogP contribution in [-0.4, -0.2) is 30.9 Å². The number of anilines is 1. The second-order valence-electron chi connectivity index (χ2n) is 4.18. The van der Waals surface area contributed by atoms with Crippen LogP contribution in [0.2, 0.25) is 0 Å². The van der Waals surface area contributed by atoms with Crippen LogP contribution in [0.1, 0.15) is 6.42 Å². The summed E-state index contributed by atoms with van der Waals surface area (Å²) in [5.74, 6) is -0.719. The van der Waals surface area contributed by atoms with E-state index in [-0.39, 0.29) is 30.1 Å². The quantitative estimate of drug-likeness (QED) is 0.660. The van der Waals surface area contributed by atoms with Gasteiger partial charge in [0, 0.05) is 5.69 Å². The van der Waals surface area contributed by atoms with Crippen molar-refractivity contribution in [1.82, 2.24) is 5.32 Å². The topological polar surface area (TPSA) is 74.8 Å². The maximum absolute atomic E-state index is 12.7. The molecule has 2 rings (SSSR count). The van der Waals surface area contributed by atoms with Crippen molar-refractivity contribution in [1.29, 1.82) is 0 Å². The highest BCUT2D eigenvalue weighted by atomic mass is 19.1. The Labute approximate surface area is 104 Å². The van der Waals surface area contributed by atoms with Gasteiger partial charge in [0.25, 0.3) is 5.91 Å². The first-order valence-electron chi connectivity index (χ1n) is 5.81. The van der Waals surface area contributed by atoms with Crippen molar-refractivity contribution in [3.63, 3.8) is 0 Å². The molecule has 1 aliphatic heterocycles. The van der Waals surface area contributed by atoms with Crippen LogP contribution in [0.25, 0.3) is 0 Å². The number of amides is 2. The minimum absolute atomic E-state index is 0.114. The molecule has 1 aromatic rings. The molecule has 0 saturated carbocycles. The predicted molar refractivity (Wildman–Crippen MR) is 63.2 cm³/mol. The maximum atomic E-state index is 12.7. The third kappa shape index (κ3) is 3.27. The van der Waals surface area contributed by atoms with Gasteiger partial charge in [-0.05, 0) is 24.3 Å². The van der Waals surface area contributed by atoms with Gasteiger partial charge in [0.1, 0.15) is 5.82 Å². The number of hydrogen-bond donors (Lipinski definition) is 3. The van der Waals surface area contributed by atoms with Crippen molar-refractivity contribution >= 4 is 17.5 Å². The Bertz CT molecular complexity index is 447. The molecule has 1 atom stereocenters. The van der Waals surface area contributed by atoms with Crippen LogP contribution < -0.4 is 16.0 Å². The van der Waals surface area contributed by atoms with E-state index in [4.69, 9.17) is 0 Å². The summed E-state index contributed by atoms with van der Waals surface area (Å²) in [6.07, 6.45) is 0.114. The van der Waals surface area contributed by atoms with Gasteiger partial charge in [0.2, 0.25) is 5.91 Å². The molecule has 0 spiro atoms. The first-order chi connectivity index (χ1) is 8.65. The highest BCUT2D eigenvalue weighted by molar-refractivity contribution is 5.94. The number of nitrogens with two attached hydrogens (primary N) is 1. The second-order valence-corrected chi connectivity index (χ2v) is 4.18. The molecule has 6 heteroatoms. The Balaban J connectivity index is 1.88. The number of halogens is 1. The Morgan fingerprint density at radius 2 is 2.17 bits per heavy atom. The SMILES string of the molecule is O=C(C[C@@H]1[NH2+]CCNC1=O)Nc1ccc(F)cc1. The molecule has 0 radical (unpaired) electrons. The summed E-state index contributed by atoms with van der Waals surface area (Å²) in [5, 5.41) is 7.19. The summed E-state index contributed by atoms with van der Waals surface area (Å²) in [5.41, 5.74) is 0.526. The smallest absolute Gasteiger partial charge is 0.278 e. The van der Waals surface area contributed by atoms with Crippen molar-refractivity contribution in [3.8, 4) is 0 Å². The molecular formula is C12H15FN3O2+. The molecule has 18 heavy (non-hydrogen) atoms. The normalized spacial score (nSPS) is 19.2. The van der Waals surface area contributed by atoms with Crippen molar-refractivity contribution < 1.29 is 19.3 Å². The zero-order chi connectivity index (χ0) is 13.0. The molecule has 0 unspecified atom stereocenters. The van der Waals surface area contributed by atoms with Crippen LogP contribution in [0, 0.1) is 5.82 Å². The van der Waals surface area contributed by atoms with Crippen molar-refractivity contribution in [2.24, 2.45) is 0 Å². The zero-order valence-electron chi connectivity index (χ0n) is 9.78. The van der Waals surface area contributed by atoms with Gasteiger partial charge in [-0.3, -0.25) is 9.59 Å². The molecule has 0 bridgehead atoms. The first-order valence-corrected chi connectivity index (χ1v) is 5.81. The second kappa shape index (κ2) is 5.59. The minimum atomic E-state index is -0.376. The van der Waals surface area contributed by atoms with E-state index in [0.29, 0.717) is 12.2 Å². The fourth-order valence-electron chi connectivity index (χ4n) is 1.84. The lowest BCUT2D eigenvalue weighted by Gasteiger charge is -2.19. The van der Waals surface area contributed by atoms with Crippen molar-refractivity contribution in [2.45, 2.75) is 12.5 Å². The molecule has 1 aliphatic rings. The van der Waals surface area contributed by atoms with E-state index in [9.17, 15) is 14.0 Å². The first kappa shape index (κ1) is 12.5. The molecule has 1 heterocycles. The number of piperazine rings is 1.